The zero-order valence-electron chi connectivity index (χ0n) is 19.8. The van der Waals surface area contributed by atoms with Crippen molar-refractivity contribution in [1.82, 2.24) is 9.97 Å². The number of anilines is 2. The number of carbonyl (C=O) groups is 2. The zero-order chi connectivity index (χ0) is 25.2. The first-order valence-corrected chi connectivity index (χ1v) is 11.8. The van der Waals surface area contributed by atoms with Crippen molar-refractivity contribution in [3.05, 3.63) is 77.9 Å². The molecule has 2 heterocycles. The van der Waals surface area contributed by atoms with E-state index < -0.39 is 5.97 Å². The van der Waals surface area contributed by atoms with E-state index in [-0.39, 0.29) is 23.1 Å². The topological polar surface area (TPSA) is 116 Å². The zero-order valence-corrected chi connectivity index (χ0v) is 19.8. The van der Waals surface area contributed by atoms with Gasteiger partial charge in [0, 0.05) is 35.6 Å². The maximum absolute atomic E-state index is 12.9. The van der Waals surface area contributed by atoms with E-state index in [1.165, 1.54) is 18.2 Å². The van der Waals surface area contributed by atoms with Gasteiger partial charge in [-0.3, -0.25) is 4.79 Å². The van der Waals surface area contributed by atoms with Gasteiger partial charge in [0.15, 0.2) is 0 Å². The number of carboxylic acids is 1. The van der Waals surface area contributed by atoms with Crippen LogP contribution >= 0.6 is 0 Å². The maximum atomic E-state index is 12.9. The standard InChI is InChI=1S/C28H26N4O4/c1-17-7-9-23-21(15-17)25(18-5-3-2-4-6-18)31-28(30-23)32-13-11-19(12-14-32)26(34)29-20-8-10-24(33)22(16-20)27(35)36/h2-10,15-16,19,33H,11-14H2,1H3,(H,29,34)(H,35,36). The average Bonchev–Trinajstić information content (AvgIpc) is 2.89. The predicted molar refractivity (Wildman–Crippen MR) is 138 cm³/mol. The van der Waals surface area contributed by atoms with Gasteiger partial charge >= 0.3 is 5.97 Å². The molecule has 1 fully saturated rings. The molecular formula is C28H26N4O4. The molecule has 5 rings (SSSR count). The summed E-state index contributed by atoms with van der Waals surface area (Å²) >= 11 is 0. The van der Waals surface area contributed by atoms with Crippen LogP contribution in [0.2, 0.25) is 0 Å². The van der Waals surface area contributed by atoms with Crippen LogP contribution in [0.5, 0.6) is 5.75 Å². The highest BCUT2D eigenvalue weighted by molar-refractivity contribution is 5.97. The molecule has 0 aliphatic carbocycles. The second-order valence-corrected chi connectivity index (χ2v) is 9.05. The molecule has 0 bridgehead atoms. The molecule has 8 heteroatoms. The van der Waals surface area contributed by atoms with Crippen LogP contribution in [0.25, 0.3) is 22.2 Å². The van der Waals surface area contributed by atoms with Crippen molar-refractivity contribution in [2.24, 2.45) is 5.92 Å². The third kappa shape index (κ3) is 4.70. The van der Waals surface area contributed by atoms with Crippen molar-refractivity contribution in [2.45, 2.75) is 19.8 Å². The molecular weight excluding hydrogens is 456 g/mol. The van der Waals surface area contributed by atoms with Gasteiger partial charge in [-0.15, -0.1) is 0 Å². The lowest BCUT2D eigenvalue weighted by molar-refractivity contribution is -0.120. The van der Waals surface area contributed by atoms with E-state index in [1.54, 1.807) is 0 Å². The van der Waals surface area contributed by atoms with Gasteiger partial charge in [-0.2, -0.15) is 0 Å². The van der Waals surface area contributed by atoms with Crippen molar-refractivity contribution in [3.63, 3.8) is 0 Å². The summed E-state index contributed by atoms with van der Waals surface area (Å²) in [6.45, 7) is 3.30. The number of aromatic nitrogens is 2. The van der Waals surface area contributed by atoms with Gasteiger partial charge in [0.2, 0.25) is 11.9 Å². The molecule has 1 aromatic heterocycles. The maximum Gasteiger partial charge on any atom is 0.339 e. The lowest BCUT2D eigenvalue weighted by Gasteiger charge is -2.31. The van der Waals surface area contributed by atoms with Crippen LogP contribution in [0.1, 0.15) is 28.8 Å². The molecule has 0 radical (unpaired) electrons. The number of benzene rings is 3. The van der Waals surface area contributed by atoms with Gasteiger partial charge in [0.05, 0.1) is 11.2 Å². The predicted octanol–water partition coefficient (Wildman–Crippen LogP) is 4.86. The summed E-state index contributed by atoms with van der Waals surface area (Å²) in [5, 5.41) is 22.7. The number of aromatic carboxylic acids is 1. The van der Waals surface area contributed by atoms with Crippen LogP contribution in [0, 0.1) is 12.8 Å². The van der Waals surface area contributed by atoms with E-state index in [4.69, 9.17) is 9.97 Å². The number of nitrogens with one attached hydrogen (secondary N) is 1. The molecule has 0 unspecified atom stereocenters. The van der Waals surface area contributed by atoms with Crippen LogP contribution in [0.3, 0.4) is 0 Å². The fraction of sp³-hybridized carbons (Fsp3) is 0.214. The number of hydrogen-bond donors (Lipinski definition) is 3. The fourth-order valence-corrected chi connectivity index (χ4v) is 4.56. The normalized spacial score (nSPS) is 14.1. The molecule has 3 N–H and O–H groups in total. The number of fused-ring (bicyclic) bond motifs is 1. The summed E-state index contributed by atoms with van der Waals surface area (Å²) in [7, 11) is 0. The van der Waals surface area contributed by atoms with Gasteiger partial charge in [-0.25, -0.2) is 14.8 Å². The Balaban J connectivity index is 1.33. The SMILES string of the molecule is Cc1ccc2nc(N3CCC(C(=O)Nc4ccc(O)c(C(=O)O)c4)CC3)nc(-c3ccccc3)c2c1. The van der Waals surface area contributed by atoms with Gasteiger partial charge in [0.25, 0.3) is 0 Å². The van der Waals surface area contributed by atoms with Gasteiger partial charge in [-0.1, -0.05) is 42.0 Å². The number of piperidine rings is 1. The van der Waals surface area contributed by atoms with Crippen molar-refractivity contribution >= 4 is 34.4 Å². The van der Waals surface area contributed by atoms with Crippen molar-refractivity contribution < 1.29 is 19.8 Å². The Hall–Kier alpha value is -4.46. The van der Waals surface area contributed by atoms with Crippen LogP contribution in [-0.2, 0) is 4.79 Å². The highest BCUT2D eigenvalue weighted by atomic mass is 16.4. The van der Waals surface area contributed by atoms with E-state index in [1.807, 2.05) is 42.5 Å². The van der Waals surface area contributed by atoms with E-state index in [0.717, 1.165) is 27.7 Å². The van der Waals surface area contributed by atoms with Crippen molar-refractivity contribution in [2.75, 3.05) is 23.3 Å². The number of phenols is 1. The number of carbonyl (C=O) groups excluding carboxylic acids is 1. The minimum atomic E-state index is -1.25. The second-order valence-electron chi connectivity index (χ2n) is 9.05. The highest BCUT2D eigenvalue weighted by Gasteiger charge is 2.27. The van der Waals surface area contributed by atoms with E-state index in [9.17, 15) is 19.8 Å². The average molecular weight is 483 g/mol. The Morgan fingerprint density at radius 1 is 0.972 bits per heavy atom. The first kappa shape index (κ1) is 23.3. The minimum Gasteiger partial charge on any atom is -0.507 e. The van der Waals surface area contributed by atoms with Crippen molar-refractivity contribution in [3.8, 4) is 17.0 Å². The molecule has 1 saturated heterocycles. The molecule has 182 valence electrons. The number of aromatic hydroxyl groups is 1. The molecule has 0 atom stereocenters. The van der Waals surface area contributed by atoms with Gasteiger partial charge in [-0.05, 0) is 50.1 Å². The summed E-state index contributed by atoms with van der Waals surface area (Å²) in [5.74, 6) is -1.34. The summed E-state index contributed by atoms with van der Waals surface area (Å²) in [6, 6.07) is 20.3. The summed E-state index contributed by atoms with van der Waals surface area (Å²) in [4.78, 5) is 36.0. The minimum absolute atomic E-state index is 0.170. The molecule has 0 saturated carbocycles. The Kier molecular flexibility index (Phi) is 6.25. The number of carboxylic acid groups (broad SMARTS) is 1. The number of rotatable bonds is 5. The molecule has 4 aromatic rings. The number of aryl methyl sites for hydroxylation is 1. The Morgan fingerprint density at radius 2 is 1.72 bits per heavy atom. The van der Waals surface area contributed by atoms with Gasteiger partial charge in [0.1, 0.15) is 11.3 Å². The summed E-state index contributed by atoms with van der Waals surface area (Å²) < 4.78 is 0. The second kappa shape index (κ2) is 9.65. The summed E-state index contributed by atoms with van der Waals surface area (Å²) in [5.41, 5.74) is 4.04. The number of amides is 1. The molecule has 8 nitrogen and oxygen atoms in total. The highest BCUT2D eigenvalue weighted by Crippen LogP contribution is 2.31. The van der Waals surface area contributed by atoms with Gasteiger partial charge < -0.3 is 20.4 Å². The smallest absolute Gasteiger partial charge is 0.339 e. The molecule has 36 heavy (non-hydrogen) atoms. The molecule has 0 spiro atoms. The number of hydrogen-bond acceptors (Lipinski definition) is 6. The molecule has 1 aliphatic rings. The van der Waals surface area contributed by atoms with Crippen molar-refractivity contribution in [1.29, 1.82) is 0 Å². The largest absolute Gasteiger partial charge is 0.507 e. The van der Waals surface area contributed by atoms with Crippen LogP contribution in [0.4, 0.5) is 11.6 Å². The molecule has 1 aliphatic heterocycles. The van der Waals surface area contributed by atoms with E-state index in [0.29, 0.717) is 37.6 Å². The monoisotopic (exact) mass is 482 g/mol. The Labute approximate surface area is 208 Å². The van der Waals surface area contributed by atoms with E-state index in [2.05, 4.69) is 23.2 Å². The quantitative estimate of drug-likeness (QED) is 0.348. The number of nitrogens with zero attached hydrogens (tertiary/aromatic N) is 3. The van der Waals surface area contributed by atoms with Crippen LogP contribution in [0.15, 0.2) is 66.7 Å². The Morgan fingerprint density at radius 3 is 2.44 bits per heavy atom. The first-order chi connectivity index (χ1) is 17.4. The van der Waals surface area contributed by atoms with Crippen LogP contribution < -0.4 is 10.2 Å². The molecule has 1 amide bonds. The lowest BCUT2D eigenvalue weighted by Crippen LogP contribution is -2.39. The summed E-state index contributed by atoms with van der Waals surface area (Å²) in [6.07, 6.45) is 1.23. The van der Waals surface area contributed by atoms with Crippen LogP contribution in [-0.4, -0.2) is 45.1 Å². The first-order valence-electron chi connectivity index (χ1n) is 11.8. The molecule has 3 aromatic carbocycles. The fourth-order valence-electron chi connectivity index (χ4n) is 4.56. The third-order valence-corrected chi connectivity index (χ3v) is 6.53. The lowest BCUT2D eigenvalue weighted by atomic mass is 9.96. The Bertz CT molecular complexity index is 1450. The third-order valence-electron chi connectivity index (χ3n) is 6.53. The van der Waals surface area contributed by atoms with E-state index >= 15 is 0 Å².